The van der Waals surface area contributed by atoms with Crippen LogP contribution in [0, 0.1) is 0 Å². The molecule has 1 atom stereocenters. The minimum atomic E-state index is -0.166. The predicted octanol–water partition coefficient (Wildman–Crippen LogP) is 1.79. The minimum absolute atomic E-state index is 0.166. The lowest BCUT2D eigenvalue weighted by Crippen LogP contribution is -2.22. The molecule has 1 unspecified atom stereocenters. The molecule has 96 valence electrons. The van der Waals surface area contributed by atoms with Crippen molar-refractivity contribution in [2.24, 2.45) is 7.05 Å². The van der Waals surface area contributed by atoms with Gasteiger partial charge in [-0.3, -0.25) is 9.67 Å². The number of nitrogens with one attached hydrogen (secondary N) is 1. The van der Waals surface area contributed by atoms with Crippen molar-refractivity contribution in [3.05, 3.63) is 40.9 Å². The normalized spacial score (nSPS) is 12.4. The van der Waals surface area contributed by atoms with Gasteiger partial charge in [-0.25, -0.2) is 0 Å². The van der Waals surface area contributed by atoms with Crippen molar-refractivity contribution < 1.29 is 4.74 Å². The van der Waals surface area contributed by atoms with Gasteiger partial charge in [0.25, 0.3) is 0 Å². The Morgan fingerprint density at radius 2 is 2.28 bits per heavy atom. The van der Waals surface area contributed by atoms with Crippen molar-refractivity contribution in [1.29, 1.82) is 0 Å². The van der Waals surface area contributed by atoms with Gasteiger partial charge in [0.05, 0.1) is 30.1 Å². The molecule has 0 aliphatic heterocycles. The van der Waals surface area contributed by atoms with E-state index < -0.39 is 0 Å². The molecule has 2 rings (SSSR count). The second kappa shape index (κ2) is 5.37. The highest BCUT2D eigenvalue weighted by atomic mass is 35.5. The molecule has 5 nitrogen and oxygen atoms in total. The van der Waals surface area contributed by atoms with Crippen LogP contribution in [0.4, 0.5) is 0 Å². The maximum Gasteiger partial charge on any atom is 0.161 e. The molecule has 2 aromatic heterocycles. The summed E-state index contributed by atoms with van der Waals surface area (Å²) < 4.78 is 7.07. The van der Waals surface area contributed by atoms with Gasteiger partial charge < -0.3 is 10.1 Å². The zero-order valence-electron chi connectivity index (χ0n) is 10.5. The van der Waals surface area contributed by atoms with Gasteiger partial charge in [-0.2, -0.15) is 5.10 Å². The summed E-state index contributed by atoms with van der Waals surface area (Å²) in [5.41, 5.74) is 1.64. The molecule has 1 N–H and O–H groups in total. The average molecular weight is 267 g/mol. The van der Waals surface area contributed by atoms with Gasteiger partial charge in [-0.05, 0) is 19.2 Å². The molecule has 0 radical (unpaired) electrons. The van der Waals surface area contributed by atoms with Gasteiger partial charge in [0.15, 0.2) is 5.75 Å². The van der Waals surface area contributed by atoms with E-state index in [1.807, 2.05) is 20.2 Å². The first kappa shape index (κ1) is 12.9. The van der Waals surface area contributed by atoms with Crippen molar-refractivity contribution in [1.82, 2.24) is 20.1 Å². The highest BCUT2D eigenvalue weighted by molar-refractivity contribution is 6.31. The standard InChI is InChI=1S/C12H15ClN4O/c1-14-11(10-8(13)5-4-6-15-10)12-9(18-3)7-16-17(12)2/h4-7,11,14H,1-3H3. The second-order valence-electron chi connectivity index (χ2n) is 3.81. The van der Waals surface area contributed by atoms with Gasteiger partial charge >= 0.3 is 0 Å². The lowest BCUT2D eigenvalue weighted by molar-refractivity contribution is 0.402. The number of aryl methyl sites for hydroxylation is 1. The molecule has 6 heteroatoms. The summed E-state index contributed by atoms with van der Waals surface area (Å²) in [5.74, 6) is 0.707. The Kier molecular flexibility index (Phi) is 3.84. The molecule has 0 fully saturated rings. The molecule has 0 saturated heterocycles. The fraction of sp³-hybridized carbons (Fsp3) is 0.333. The van der Waals surface area contributed by atoms with Gasteiger partial charge in [-0.15, -0.1) is 0 Å². The van der Waals surface area contributed by atoms with Gasteiger partial charge in [0.2, 0.25) is 0 Å². The third-order valence-electron chi connectivity index (χ3n) is 2.79. The summed E-state index contributed by atoms with van der Waals surface area (Å²) >= 11 is 6.19. The summed E-state index contributed by atoms with van der Waals surface area (Å²) in [7, 11) is 5.33. The molecule has 18 heavy (non-hydrogen) atoms. The van der Waals surface area contributed by atoms with Crippen LogP contribution in [0.3, 0.4) is 0 Å². The Morgan fingerprint density at radius 3 is 2.89 bits per heavy atom. The molecule has 0 aliphatic rings. The van der Waals surface area contributed by atoms with Crippen LogP contribution in [0.1, 0.15) is 17.4 Å². The first-order chi connectivity index (χ1) is 8.69. The van der Waals surface area contributed by atoms with E-state index >= 15 is 0 Å². The molecular weight excluding hydrogens is 252 g/mol. The van der Waals surface area contributed by atoms with Gasteiger partial charge in [0.1, 0.15) is 5.69 Å². The number of ether oxygens (including phenoxy) is 1. The monoisotopic (exact) mass is 266 g/mol. The lowest BCUT2D eigenvalue weighted by Gasteiger charge is -2.18. The van der Waals surface area contributed by atoms with Crippen LogP contribution in [-0.4, -0.2) is 28.9 Å². The number of nitrogens with zero attached hydrogens (tertiary/aromatic N) is 3. The Bertz CT molecular complexity index is 541. The summed E-state index contributed by atoms with van der Waals surface area (Å²) in [5, 5.41) is 7.99. The highest BCUT2D eigenvalue weighted by Crippen LogP contribution is 2.31. The third-order valence-corrected chi connectivity index (χ3v) is 3.11. The first-order valence-corrected chi connectivity index (χ1v) is 5.90. The largest absolute Gasteiger partial charge is 0.493 e. The lowest BCUT2D eigenvalue weighted by atomic mass is 10.1. The van der Waals surface area contributed by atoms with E-state index in [4.69, 9.17) is 16.3 Å². The molecule has 0 bridgehead atoms. The predicted molar refractivity (Wildman–Crippen MR) is 69.9 cm³/mol. The summed E-state index contributed by atoms with van der Waals surface area (Å²) in [4.78, 5) is 4.33. The quantitative estimate of drug-likeness (QED) is 0.917. The Labute approximate surface area is 111 Å². The van der Waals surface area contributed by atoms with Crippen LogP contribution in [-0.2, 0) is 7.05 Å². The molecular formula is C12H15ClN4O. The van der Waals surface area contributed by atoms with E-state index in [0.29, 0.717) is 10.8 Å². The molecule has 2 heterocycles. The molecule has 0 aromatic carbocycles. The van der Waals surface area contributed by atoms with Crippen LogP contribution in [0.15, 0.2) is 24.5 Å². The number of hydrogen-bond donors (Lipinski definition) is 1. The number of pyridine rings is 1. The Balaban J connectivity index is 2.52. The SMILES string of the molecule is CNC(c1ncccc1Cl)c1c(OC)cnn1C. The van der Waals surface area contributed by atoms with Gasteiger partial charge in [-0.1, -0.05) is 11.6 Å². The van der Waals surface area contributed by atoms with Crippen LogP contribution in [0.25, 0.3) is 0 Å². The third kappa shape index (κ3) is 2.19. The van der Waals surface area contributed by atoms with Crippen molar-refractivity contribution in [3.63, 3.8) is 0 Å². The molecule has 2 aromatic rings. The molecule has 0 spiro atoms. The van der Waals surface area contributed by atoms with E-state index in [9.17, 15) is 0 Å². The number of hydrogen-bond acceptors (Lipinski definition) is 4. The number of methoxy groups -OCH3 is 1. The second-order valence-corrected chi connectivity index (χ2v) is 4.22. The highest BCUT2D eigenvalue weighted by Gasteiger charge is 2.23. The van der Waals surface area contributed by atoms with Crippen molar-refractivity contribution in [2.45, 2.75) is 6.04 Å². The number of halogens is 1. The van der Waals surface area contributed by atoms with E-state index in [1.165, 1.54) is 0 Å². The first-order valence-electron chi connectivity index (χ1n) is 5.52. The van der Waals surface area contributed by atoms with Crippen LogP contribution < -0.4 is 10.1 Å². The average Bonchev–Trinajstić information content (AvgIpc) is 2.74. The summed E-state index contributed by atoms with van der Waals surface area (Å²) in [6.45, 7) is 0. The van der Waals surface area contributed by atoms with Crippen molar-refractivity contribution in [2.75, 3.05) is 14.2 Å². The molecule has 0 saturated carbocycles. The zero-order chi connectivity index (χ0) is 13.1. The van der Waals surface area contributed by atoms with Crippen LogP contribution in [0.2, 0.25) is 5.02 Å². The Hall–Kier alpha value is -1.59. The fourth-order valence-electron chi connectivity index (χ4n) is 1.93. The van der Waals surface area contributed by atoms with E-state index in [1.54, 1.807) is 30.3 Å². The van der Waals surface area contributed by atoms with Gasteiger partial charge in [0, 0.05) is 13.2 Å². The maximum absolute atomic E-state index is 6.19. The molecule has 0 amide bonds. The van der Waals surface area contributed by atoms with Crippen LogP contribution >= 0.6 is 11.6 Å². The Morgan fingerprint density at radius 1 is 1.50 bits per heavy atom. The number of aromatic nitrogens is 3. The van der Waals surface area contributed by atoms with E-state index in [2.05, 4.69) is 15.4 Å². The zero-order valence-corrected chi connectivity index (χ0v) is 11.3. The van der Waals surface area contributed by atoms with Crippen molar-refractivity contribution >= 4 is 11.6 Å². The fourth-order valence-corrected chi connectivity index (χ4v) is 2.16. The smallest absolute Gasteiger partial charge is 0.161 e. The topological polar surface area (TPSA) is 52.0 Å². The summed E-state index contributed by atoms with van der Waals surface area (Å²) in [6, 6.07) is 3.46. The maximum atomic E-state index is 6.19. The molecule has 0 aliphatic carbocycles. The van der Waals surface area contributed by atoms with E-state index in [-0.39, 0.29) is 6.04 Å². The minimum Gasteiger partial charge on any atom is -0.493 e. The summed E-state index contributed by atoms with van der Waals surface area (Å²) in [6.07, 6.45) is 3.39. The number of rotatable bonds is 4. The van der Waals surface area contributed by atoms with Crippen LogP contribution in [0.5, 0.6) is 5.75 Å². The van der Waals surface area contributed by atoms with E-state index in [0.717, 1.165) is 11.4 Å². The van der Waals surface area contributed by atoms with Crippen molar-refractivity contribution in [3.8, 4) is 5.75 Å².